The van der Waals surface area contributed by atoms with E-state index in [2.05, 4.69) is 16.4 Å². The molecule has 1 aromatic carbocycles. The van der Waals surface area contributed by atoms with Crippen LogP contribution in [0.3, 0.4) is 0 Å². The first-order valence-corrected chi connectivity index (χ1v) is 7.99. The van der Waals surface area contributed by atoms with Crippen LogP contribution >= 0.6 is 23.2 Å². The van der Waals surface area contributed by atoms with Gasteiger partial charge in [-0.05, 0) is 55.6 Å². The Morgan fingerprint density at radius 1 is 1.29 bits per heavy atom. The Balaban J connectivity index is 1.81. The highest BCUT2D eigenvalue weighted by atomic mass is 35.5. The minimum atomic E-state index is 0.360. The Kier molecular flexibility index (Phi) is 4.48. The molecule has 0 radical (unpaired) electrons. The van der Waals surface area contributed by atoms with Gasteiger partial charge in [-0.25, -0.2) is 0 Å². The monoisotopic (exact) mass is 320 g/mol. The molecule has 110 valence electrons. The molecule has 0 amide bonds. The van der Waals surface area contributed by atoms with Crippen molar-refractivity contribution in [3.63, 3.8) is 0 Å². The van der Waals surface area contributed by atoms with E-state index < -0.39 is 0 Å². The predicted molar refractivity (Wildman–Crippen MR) is 88.3 cm³/mol. The molecule has 0 bridgehead atoms. The first kappa shape index (κ1) is 14.8. The van der Waals surface area contributed by atoms with E-state index in [4.69, 9.17) is 23.2 Å². The number of aromatic nitrogens is 1. The van der Waals surface area contributed by atoms with E-state index in [1.807, 2.05) is 37.5 Å². The molecule has 1 aromatic heterocycles. The largest absolute Gasteiger partial charge is 0.316 e. The number of nitrogens with one attached hydrogen (secondary N) is 1. The van der Waals surface area contributed by atoms with Gasteiger partial charge in [-0.3, -0.25) is 4.98 Å². The predicted octanol–water partition coefficient (Wildman–Crippen LogP) is 4.25. The molecule has 0 fully saturated rings. The molecule has 2 aromatic rings. The second kappa shape index (κ2) is 6.35. The molecule has 4 heteroatoms. The number of benzene rings is 1. The zero-order valence-corrected chi connectivity index (χ0v) is 13.5. The molecule has 0 aliphatic heterocycles. The van der Waals surface area contributed by atoms with Crippen LogP contribution in [-0.4, -0.2) is 18.1 Å². The third kappa shape index (κ3) is 3.08. The van der Waals surface area contributed by atoms with Crippen LogP contribution in [0.4, 0.5) is 0 Å². The van der Waals surface area contributed by atoms with Gasteiger partial charge >= 0.3 is 0 Å². The highest BCUT2D eigenvalue weighted by Crippen LogP contribution is 2.35. The van der Waals surface area contributed by atoms with Crippen molar-refractivity contribution in [1.82, 2.24) is 10.3 Å². The molecule has 2 nitrogen and oxygen atoms in total. The summed E-state index contributed by atoms with van der Waals surface area (Å²) in [5.41, 5.74) is 3.84. The molecule has 0 saturated heterocycles. The van der Waals surface area contributed by atoms with Crippen LogP contribution in [0, 0.1) is 0 Å². The number of hydrogen-bond acceptors (Lipinski definition) is 2. The van der Waals surface area contributed by atoms with Gasteiger partial charge in [-0.2, -0.15) is 0 Å². The summed E-state index contributed by atoms with van der Waals surface area (Å²) < 4.78 is 0. The van der Waals surface area contributed by atoms with Crippen molar-refractivity contribution in [2.24, 2.45) is 0 Å². The normalized spacial score (nSPS) is 18.5. The molecule has 0 saturated carbocycles. The molecule has 0 spiro atoms. The third-order valence-electron chi connectivity index (χ3n) is 4.30. The molecule has 1 aliphatic carbocycles. The van der Waals surface area contributed by atoms with Crippen molar-refractivity contribution < 1.29 is 0 Å². The maximum Gasteiger partial charge on any atom is 0.0595 e. The highest BCUT2D eigenvalue weighted by Gasteiger charge is 2.30. The van der Waals surface area contributed by atoms with Crippen molar-refractivity contribution in [2.75, 3.05) is 7.05 Å². The van der Waals surface area contributed by atoms with Crippen LogP contribution in [0.25, 0.3) is 0 Å². The maximum atomic E-state index is 6.12. The Morgan fingerprint density at radius 2 is 2.14 bits per heavy atom. The van der Waals surface area contributed by atoms with Crippen LogP contribution < -0.4 is 5.32 Å². The third-order valence-corrected chi connectivity index (χ3v) is 5.04. The van der Waals surface area contributed by atoms with Crippen LogP contribution in [0.2, 0.25) is 10.0 Å². The van der Waals surface area contributed by atoms with Crippen molar-refractivity contribution in [2.45, 2.75) is 31.2 Å². The lowest BCUT2D eigenvalue weighted by molar-refractivity contribution is 0.450. The Morgan fingerprint density at radius 3 is 2.90 bits per heavy atom. The fraction of sp³-hybridized carbons (Fsp3) is 0.353. The summed E-state index contributed by atoms with van der Waals surface area (Å²) in [6.07, 6.45) is 5.09. The molecular weight excluding hydrogens is 303 g/mol. The number of aryl methyl sites for hydroxylation is 1. The topological polar surface area (TPSA) is 24.9 Å². The van der Waals surface area contributed by atoms with Gasteiger partial charge in [0.05, 0.1) is 10.0 Å². The smallest absolute Gasteiger partial charge is 0.0595 e. The van der Waals surface area contributed by atoms with Crippen molar-refractivity contribution >= 4 is 23.2 Å². The lowest BCUT2D eigenvalue weighted by atomic mass is 9.91. The van der Waals surface area contributed by atoms with Gasteiger partial charge in [0, 0.05) is 23.9 Å². The van der Waals surface area contributed by atoms with Crippen LogP contribution in [0.15, 0.2) is 36.5 Å². The van der Waals surface area contributed by atoms with Crippen molar-refractivity contribution in [1.29, 1.82) is 0 Å². The van der Waals surface area contributed by atoms with Crippen molar-refractivity contribution in [3.05, 3.63) is 63.4 Å². The lowest BCUT2D eigenvalue weighted by Crippen LogP contribution is -2.33. The first-order chi connectivity index (χ1) is 10.2. The zero-order valence-electron chi connectivity index (χ0n) is 11.9. The molecule has 2 unspecified atom stereocenters. The Hall–Kier alpha value is -1.09. The molecule has 1 heterocycles. The second-order valence-corrected chi connectivity index (χ2v) is 6.36. The summed E-state index contributed by atoms with van der Waals surface area (Å²) in [6.45, 7) is 0. The quantitative estimate of drug-likeness (QED) is 0.911. The highest BCUT2D eigenvalue weighted by molar-refractivity contribution is 6.42. The number of fused-ring (bicyclic) bond motifs is 1. The second-order valence-electron chi connectivity index (χ2n) is 5.54. The van der Waals surface area contributed by atoms with Gasteiger partial charge in [-0.1, -0.05) is 35.3 Å². The summed E-state index contributed by atoms with van der Waals surface area (Å²) in [6, 6.07) is 10.4. The van der Waals surface area contributed by atoms with E-state index in [0.717, 1.165) is 19.3 Å². The standard InChI is InChI=1S/C17H18Cl2N2/c1-20-16(10-11-4-7-14(18)15(19)9-11)13-6-5-12-3-2-8-21-17(12)13/h2-4,7-9,13,16,20H,5-6,10H2,1H3. The number of nitrogens with zero attached hydrogens (tertiary/aromatic N) is 1. The number of likely N-dealkylation sites (N-methyl/N-ethyl adjacent to an activating group) is 1. The van der Waals surface area contributed by atoms with Gasteiger partial charge in [0.2, 0.25) is 0 Å². The average Bonchev–Trinajstić information content (AvgIpc) is 2.92. The number of halogens is 2. The van der Waals surface area contributed by atoms with E-state index >= 15 is 0 Å². The Labute approximate surface area is 135 Å². The number of pyridine rings is 1. The summed E-state index contributed by atoms with van der Waals surface area (Å²) in [5, 5.41) is 4.68. The van der Waals surface area contributed by atoms with E-state index in [9.17, 15) is 0 Å². The van der Waals surface area contributed by atoms with E-state index in [0.29, 0.717) is 22.0 Å². The van der Waals surface area contributed by atoms with Gasteiger partial charge in [-0.15, -0.1) is 0 Å². The zero-order chi connectivity index (χ0) is 14.8. The minimum Gasteiger partial charge on any atom is -0.316 e. The lowest BCUT2D eigenvalue weighted by Gasteiger charge is -2.23. The molecule has 1 N–H and O–H groups in total. The molecule has 21 heavy (non-hydrogen) atoms. The van der Waals surface area contributed by atoms with Crippen LogP contribution in [-0.2, 0) is 12.8 Å². The summed E-state index contributed by atoms with van der Waals surface area (Å²) in [4.78, 5) is 4.60. The van der Waals surface area contributed by atoms with E-state index in [-0.39, 0.29) is 0 Å². The molecule has 3 rings (SSSR count). The number of hydrogen-bond donors (Lipinski definition) is 1. The van der Waals surface area contributed by atoms with Gasteiger partial charge < -0.3 is 5.32 Å². The molecule has 2 atom stereocenters. The van der Waals surface area contributed by atoms with Crippen LogP contribution in [0.5, 0.6) is 0 Å². The fourth-order valence-electron chi connectivity index (χ4n) is 3.20. The van der Waals surface area contributed by atoms with Gasteiger partial charge in [0.15, 0.2) is 0 Å². The van der Waals surface area contributed by atoms with E-state index in [1.54, 1.807) is 0 Å². The Bertz CT molecular complexity index is 642. The fourth-order valence-corrected chi connectivity index (χ4v) is 3.52. The average molecular weight is 321 g/mol. The van der Waals surface area contributed by atoms with E-state index in [1.165, 1.54) is 16.8 Å². The first-order valence-electron chi connectivity index (χ1n) is 7.24. The molecular formula is C17H18Cl2N2. The SMILES string of the molecule is CNC(Cc1ccc(Cl)c(Cl)c1)C1CCc2cccnc21. The summed E-state index contributed by atoms with van der Waals surface area (Å²) in [5.74, 6) is 0.459. The van der Waals surface area contributed by atoms with Crippen LogP contribution in [0.1, 0.15) is 29.2 Å². The van der Waals surface area contributed by atoms with Gasteiger partial charge in [0.1, 0.15) is 0 Å². The van der Waals surface area contributed by atoms with Gasteiger partial charge in [0.25, 0.3) is 0 Å². The summed E-state index contributed by atoms with van der Waals surface area (Å²) in [7, 11) is 2.02. The molecule has 1 aliphatic rings. The number of rotatable bonds is 4. The summed E-state index contributed by atoms with van der Waals surface area (Å²) >= 11 is 12.1. The minimum absolute atomic E-state index is 0.360. The maximum absolute atomic E-state index is 6.12. The van der Waals surface area contributed by atoms with Crippen molar-refractivity contribution in [3.8, 4) is 0 Å².